The van der Waals surface area contributed by atoms with Crippen molar-refractivity contribution in [2.75, 3.05) is 0 Å². The average Bonchev–Trinajstić information content (AvgIpc) is 3.09. The van der Waals surface area contributed by atoms with Gasteiger partial charge in [-0.3, -0.25) is 9.79 Å². The summed E-state index contributed by atoms with van der Waals surface area (Å²) < 4.78 is 2.27. The molecule has 0 radical (unpaired) electrons. The van der Waals surface area contributed by atoms with Crippen molar-refractivity contribution in [3.05, 3.63) is 73.1 Å². The van der Waals surface area contributed by atoms with Gasteiger partial charge in [-0.15, -0.1) is 0 Å². The first kappa shape index (κ1) is 15.1. The second-order valence-electron chi connectivity index (χ2n) is 5.25. The molecule has 0 aliphatic carbocycles. The maximum Gasteiger partial charge on any atom is 0.315 e. The van der Waals surface area contributed by atoms with Crippen LogP contribution in [0.5, 0.6) is 5.88 Å². The molecule has 4 rings (SSSR count). The van der Waals surface area contributed by atoms with Crippen LogP contribution in [0.1, 0.15) is 10.4 Å². The van der Waals surface area contributed by atoms with Crippen LogP contribution >= 0.6 is 27.3 Å². The fourth-order valence-corrected chi connectivity index (χ4v) is 3.80. The van der Waals surface area contributed by atoms with Gasteiger partial charge in [0.15, 0.2) is 0 Å². The standard InChI is InChI=1S/C18H11BrN2O2S/c19-12-6-7-15-14(9-12)11(10-20-15)8-16-17(22)21(18(23)24-16)13-4-2-1-3-5-13/h1-10,22H. The maximum atomic E-state index is 12.3. The van der Waals surface area contributed by atoms with Gasteiger partial charge in [-0.25, -0.2) is 4.57 Å². The number of hydrogen-bond acceptors (Lipinski definition) is 4. The highest BCUT2D eigenvalue weighted by molar-refractivity contribution is 9.10. The van der Waals surface area contributed by atoms with Crippen molar-refractivity contribution < 1.29 is 5.11 Å². The van der Waals surface area contributed by atoms with Crippen molar-refractivity contribution in [1.82, 2.24) is 4.57 Å². The molecule has 1 aliphatic heterocycles. The number of aliphatic imine (C=N–C) groups is 1. The second kappa shape index (κ2) is 5.89. The van der Waals surface area contributed by atoms with Crippen LogP contribution in [0.25, 0.3) is 17.3 Å². The highest BCUT2D eigenvalue weighted by atomic mass is 79.9. The van der Waals surface area contributed by atoms with Crippen molar-refractivity contribution >= 4 is 50.8 Å². The predicted octanol–water partition coefficient (Wildman–Crippen LogP) is 4.62. The Morgan fingerprint density at radius 1 is 1.17 bits per heavy atom. The summed E-state index contributed by atoms with van der Waals surface area (Å²) in [6, 6.07) is 14.9. The molecule has 0 saturated heterocycles. The molecule has 0 saturated carbocycles. The highest BCUT2D eigenvalue weighted by Crippen LogP contribution is 2.36. The summed E-state index contributed by atoms with van der Waals surface area (Å²) >= 11 is 4.46. The number of rotatable bonds is 2. The monoisotopic (exact) mass is 398 g/mol. The van der Waals surface area contributed by atoms with Crippen molar-refractivity contribution in [3.8, 4) is 11.6 Å². The lowest BCUT2D eigenvalue weighted by molar-refractivity contribution is 0.440. The molecular formula is C18H11BrN2O2S. The van der Waals surface area contributed by atoms with Gasteiger partial charge >= 0.3 is 4.87 Å². The Hall–Kier alpha value is -2.44. The number of nitrogens with zero attached hydrogens (tertiary/aromatic N) is 2. The van der Waals surface area contributed by atoms with E-state index >= 15 is 0 Å². The van der Waals surface area contributed by atoms with Crippen molar-refractivity contribution in [1.29, 1.82) is 0 Å². The highest BCUT2D eigenvalue weighted by Gasteiger charge is 2.17. The van der Waals surface area contributed by atoms with Gasteiger partial charge in [0.1, 0.15) is 0 Å². The number of aromatic hydroxyl groups is 1. The molecule has 2 aromatic carbocycles. The van der Waals surface area contributed by atoms with Gasteiger partial charge in [-0.1, -0.05) is 45.5 Å². The molecule has 0 amide bonds. The topological polar surface area (TPSA) is 54.6 Å². The quantitative estimate of drug-likeness (QED) is 0.684. The molecule has 1 aromatic heterocycles. The fraction of sp³-hybridized carbons (Fsp3) is 0. The lowest BCUT2D eigenvalue weighted by Gasteiger charge is -2.03. The molecule has 0 fully saturated rings. The molecule has 6 heteroatoms. The average molecular weight is 399 g/mol. The minimum Gasteiger partial charge on any atom is -0.493 e. The second-order valence-corrected chi connectivity index (χ2v) is 7.16. The molecule has 1 aliphatic rings. The van der Waals surface area contributed by atoms with Gasteiger partial charge in [0.25, 0.3) is 0 Å². The SMILES string of the molecule is O=c1sc(C=C2C=Nc3ccc(Br)cc32)c(O)n1-c1ccccc1. The summed E-state index contributed by atoms with van der Waals surface area (Å²) in [5.74, 6) is -0.0550. The van der Waals surface area contributed by atoms with E-state index in [1.807, 2.05) is 36.4 Å². The maximum absolute atomic E-state index is 12.3. The first-order valence-corrected chi connectivity index (χ1v) is 8.80. The van der Waals surface area contributed by atoms with Crippen LogP contribution in [0.3, 0.4) is 0 Å². The summed E-state index contributed by atoms with van der Waals surface area (Å²) in [6.45, 7) is 0. The number of aromatic nitrogens is 1. The van der Waals surface area contributed by atoms with Gasteiger partial charge in [-0.05, 0) is 36.4 Å². The fourth-order valence-electron chi connectivity index (χ4n) is 2.60. The van der Waals surface area contributed by atoms with E-state index in [1.165, 1.54) is 4.57 Å². The minimum atomic E-state index is -0.227. The van der Waals surface area contributed by atoms with Crippen LogP contribution in [0.4, 0.5) is 5.69 Å². The first-order chi connectivity index (χ1) is 11.6. The van der Waals surface area contributed by atoms with Gasteiger partial charge in [0.2, 0.25) is 5.88 Å². The third kappa shape index (κ3) is 2.53. The van der Waals surface area contributed by atoms with Gasteiger partial charge in [0.05, 0.1) is 16.3 Å². The zero-order valence-electron chi connectivity index (χ0n) is 12.3. The van der Waals surface area contributed by atoms with Crippen molar-refractivity contribution in [2.45, 2.75) is 0 Å². The van der Waals surface area contributed by atoms with E-state index in [0.717, 1.165) is 32.6 Å². The lowest BCUT2D eigenvalue weighted by Crippen LogP contribution is -2.09. The van der Waals surface area contributed by atoms with Crippen LogP contribution in [-0.4, -0.2) is 15.9 Å². The van der Waals surface area contributed by atoms with E-state index < -0.39 is 0 Å². The number of fused-ring (bicyclic) bond motifs is 1. The summed E-state index contributed by atoms with van der Waals surface area (Å²) in [5, 5.41) is 10.5. The molecule has 0 bridgehead atoms. The number of halogens is 1. The molecule has 3 aromatic rings. The molecule has 4 nitrogen and oxygen atoms in total. The van der Waals surface area contributed by atoms with Gasteiger partial charge in [-0.2, -0.15) is 0 Å². The minimum absolute atomic E-state index is 0.0550. The Morgan fingerprint density at radius 2 is 1.96 bits per heavy atom. The zero-order chi connectivity index (χ0) is 16.7. The molecular weight excluding hydrogens is 388 g/mol. The normalized spacial score (nSPS) is 14.3. The van der Waals surface area contributed by atoms with E-state index in [-0.39, 0.29) is 10.8 Å². The Kier molecular flexibility index (Phi) is 3.70. The predicted molar refractivity (Wildman–Crippen MR) is 102 cm³/mol. The summed E-state index contributed by atoms with van der Waals surface area (Å²) in [6.07, 6.45) is 3.54. The van der Waals surface area contributed by atoms with Crippen molar-refractivity contribution in [3.63, 3.8) is 0 Å². The molecule has 2 heterocycles. The van der Waals surface area contributed by atoms with E-state index in [9.17, 15) is 9.90 Å². The third-order valence-corrected chi connectivity index (χ3v) is 5.10. The van der Waals surface area contributed by atoms with Gasteiger partial charge in [0, 0.05) is 21.8 Å². The smallest absolute Gasteiger partial charge is 0.315 e. The molecule has 0 atom stereocenters. The number of para-hydroxylation sites is 1. The Bertz CT molecular complexity index is 1050. The molecule has 24 heavy (non-hydrogen) atoms. The zero-order valence-corrected chi connectivity index (χ0v) is 14.7. The largest absolute Gasteiger partial charge is 0.493 e. The first-order valence-electron chi connectivity index (χ1n) is 7.19. The molecule has 1 N–H and O–H groups in total. The molecule has 0 unspecified atom stereocenters. The van der Waals surface area contributed by atoms with Crippen LogP contribution < -0.4 is 4.87 Å². The Morgan fingerprint density at radius 3 is 2.75 bits per heavy atom. The van der Waals surface area contributed by atoms with E-state index in [4.69, 9.17) is 0 Å². The Balaban J connectivity index is 1.83. The third-order valence-electron chi connectivity index (χ3n) is 3.73. The van der Waals surface area contributed by atoms with Crippen molar-refractivity contribution in [2.24, 2.45) is 4.99 Å². The number of thiazole rings is 1. The lowest BCUT2D eigenvalue weighted by atomic mass is 10.1. The summed E-state index contributed by atoms with van der Waals surface area (Å²) in [5.41, 5.74) is 3.35. The number of benzene rings is 2. The van der Waals surface area contributed by atoms with Crippen LogP contribution in [-0.2, 0) is 0 Å². The van der Waals surface area contributed by atoms with E-state index in [0.29, 0.717) is 10.6 Å². The molecule has 0 spiro atoms. The van der Waals surface area contributed by atoms with Gasteiger partial charge < -0.3 is 5.11 Å². The number of allylic oxidation sites excluding steroid dienone is 1. The van der Waals surface area contributed by atoms with E-state index in [1.54, 1.807) is 24.4 Å². The van der Waals surface area contributed by atoms with E-state index in [2.05, 4.69) is 20.9 Å². The van der Waals surface area contributed by atoms with Crippen LogP contribution in [0.15, 0.2) is 62.8 Å². The summed E-state index contributed by atoms with van der Waals surface area (Å²) in [4.78, 5) is 16.9. The summed E-state index contributed by atoms with van der Waals surface area (Å²) in [7, 11) is 0. The Labute approximate surface area is 150 Å². The van der Waals surface area contributed by atoms with Crippen LogP contribution in [0.2, 0.25) is 0 Å². The number of hydrogen-bond donors (Lipinski definition) is 1. The molecule has 118 valence electrons. The van der Waals surface area contributed by atoms with Crippen LogP contribution in [0, 0.1) is 0 Å².